The fraction of sp³-hybridized carbons (Fsp3) is 0.364. The van der Waals surface area contributed by atoms with Crippen LogP contribution in [0.15, 0.2) is 24.3 Å². The number of ether oxygens (including phenoxy) is 1. The van der Waals surface area contributed by atoms with E-state index in [9.17, 15) is 4.79 Å². The van der Waals surface area contributed by atoms with Gasteiger partial charge in [0, 0.05) is 6.04 Å². The van der Waals surface area contributed by atoms with Crippen molar-refractivity contribution in [2.24, 2.45) is 0 Å². The highest BCUT2D eigenvalue weighted by molar-refractivity contribution is 5.97. The molecule has 0 aromatic heterocycles. The summed E-state index contributed by atoms with van der Waals surface area (Å²) in [5.74, 6) is 0.503. The van der Waals surface area contributed by atoms with Gasteiger partial charge in [-0.25, -0.2) is 0 Å². The third-order valence-electron chi connectivity index (χ3n) is 1.77. The molecule has 1 amide bonds. The molecule has 0 saturated carbocycles. The molecule has 1 N–H and O–H groups in total. The fourth-order valence-electron chi connectivity index (χ4n) is 1.17. The lowest BCUT2D eigenvalue weighted by Crippen LogP contribution is -2.30. The minimum Gasteiger partial charge on any atom is -0.496 e. The zero-order valence-electron chi connectivity index (χ0n) is 8.70. The van der Waals surface area contributed by atoms with Gasteiger partial charge in [-0.3, -0.25) is 4.79 Å². The summed E-state index contributed by atoms with van der Waals surface area (Å²) >= 11 is 0. The van der Waals surface area contributed by atoms with E-state index in [-0.39, 0.29) is 11.9 Å². The molecule has 0 spiro atoms. The Hall–Kier alpha value is -1.51. The van der Waals surface area contributed by atoms with Crippen molar-refractivity contribution in [2.45, 2.75) is 19.9 Å². The normalized spacial score (nSPS) is 10.0. The molecule has 0 saturated heterocycles. The predicted molar refractivity (Wildman–Crippen MR) is 55.6 cm³/mol. The van der Waals surface area contributed by atoms with E-state index < -0.39 is 0 Å². The molecule has 0 fully saturated rings. The Morgan fingerprint density at radius 3 is 2.57 bits per heavy atom. The van der Waals surface area contributed by atoms with Crippen molar-refractivity contribution in [1.82, 2.24) is 5.32 Å². The van der Waals surface area contributed by atoms with Gasteiger partial charge >= 0.3 is 0 Å². The van der Waals surface area contributed by atoms with Gasteiger partial charge in [0.05, 0.1) is 12.7 Å². The average molecular weight is 193 g/mol. The third-order valence-corrected chi connectivity index (χ3v) is 1.77. The van der Waals surface area contributed by atoms with E-state index in [1.807, 2.05) is 26.0 Å². The second kappa shape index (κ2) is 4.65. The van der Waals surface area contributed by atoms with Crippen LogP contribution < -0.4 is 10.1 Å². The molecule has 14 heavy (non-hydrogen) atoms. The van der Waals surface area contributed by atoms with Gasteiger partial charge in [0.25, 0.3) is 5.91 Å². The van der Waals surface area contributed by atoms with Crippen molar-refractivity contribution in [2.75, 3.05) is 7.11 Å². The molecule has 1 aromatic rings. The minimum atomic E-state index is -0.0996. The van der Waals surface area contributed by atoms with E-state index in [1.165, 1.54) is 0 Å². The standard InChI is InChI=1S/C11H15NO2/c1-8(2)12-11(13)9-6-4-5-7-10(9)14-3/h4-8H,1-3H3,(H,12,13). The molecule has 3 nitrogen and oxygen atoms in total. The molecule has 0 radical (unpaired) electrons. The predicted octanol–water partition coefficient (Wildman–Crippen LogP) is 1.83. The second-order valence-electron chi connectivity index (χ2n) is 3.33. The molecule has 0 atom stereocenters. The highest BCUT2D eigenvalue weighted by atomic mass is 16.5. The Labute approximate surface area is 84.1 Å². The number of para-hydroxylation sites is 1. The fourth-order valence-corrected chi connectivity index (χ4v) is 1.17. The van der Waals surface area contributed by atoms with E-state index in [1.54, 1.807) is 19.2 Å². The summed E-state index contributed by atoms with van der Waals surface area (Å²) in [6, 6.07) is 7.31. The van der Waals surface area contributed by atoms with Crippen LogP contribution in [0.1, 0.15) is 24.2 Å². The van der Waals surface area contributed by atoms with E-state index in [4.69, 9.17) is 4.74 Å². The van der Waals surface area contributed by atoms with Crippen LogP contribution in [0.2, 0.25) is 0 Å². The van der Waals surface area contributed by atoms with Crippen LogP contribution in [-0.4, -0.2) is 19.1 Å². The topological polar surface area (TPSA) is 38.3 Å². The van der Waals surface area contributed by atoms with Crippen molar-refractivity contribution < 1.29 is 9.53 Å². The first-order valence-corrected chi connectivity index (χ1v) is 4.59. The molecule has 76 valence electrons. The Balaban J connectivity index is 2.88. The number of benzene rings is 1. The summed E-state index contributed by atoms with van der Waals surface area (Å²) in [5.41, 5.74) is 0.573. The number of nitrogens with one attached hydrogen (secondary N) is 1. The van der Waals surface area contributed by atoms with Crippen LogP contribution in [0, 0.1) is 0 Å². The van der Waals surface area contributed by atoms with Crippen LogP contribution in [0.3, 0.4) is 0 Å². The minimum absolute atomic E-state index is 0.0996. The Morgan fingerprint density at radius 1 is 1.36 bits per heavy atom. The molecular weight excluding hydrogens is 178 g/mol. The van der Waals surface area contributed by atoms with E-state index in [0.29, 0.717) is 11.3 Å². The van der Waals surface area contributed by atoms with Gasteiger partial charge in [0.2, 0.25) is 0 Å². The third kappa shape index (κ3) is 2.49. The molecule has 1 rings (SSSR count). The van der Waals surface area contributed by atoms with Gasteiger partial charge < -0.3 is 10.1 Å². The molecule has 1 aromatic carbocycles. The average Bonchev–Trinajstić information content (AvgIpc) is 2.16. The first-order chi connectivity index (χ1) is 6.65. The van der Waals surface area contributed by atoms with Gasteiger partial charge in [0.15, 0.2) is 0 Å². The second-order valence-corrected chi connectivity index (χ2v) is 3.33. The zero-order valence-corrected chi connectivity index (χ0v) is 8.70. The summed E-state index contributed by atoms with van der Waals surface area (Å²) in [6.45, 7) is 3.85. The lowest BCUT2D eigenvalue weighted by Gasteiger charge is -2.10. The molecule has 0 aliphatic heterocycles. The highest BCUT2D eigenvalue weighted by Gasteiger charge is 2.11. The quantitative estimate of drug-likeness (QED) is 0.795. The molecule has 0 heterocycles. The van der Waals surface area contributed by atoms with Crippen LogP contribution in [0.25, 0.3) is 0 Å². The zero-order chi connectivity index (χ0) is 10.6. The SMILES string of the molecule is COc1ccccc1C(=O)NC(C)C. The Morgan fingerprint density at radius 2 is 2.00 bits per heavy atom. The first-order valence-electron chi connectivity index (χ1n) is 4.59. The summed E-state index contributed by atoms with van der Waals surface area (Å²) < 4.78 is 5.09. The van der Waals surface area contributed by atoms with Crippen LogP contribution in [0.5, 0.6) is 5.75 Å². The lowest BCUT2D eigenvalue weighted by atomic mass is 10.2. The number of hydrogen-bond donors (Lipinski definition) is 1. The van der Waals surface area contributed by atoms with Crippen LogP contribution >= 0.6 is 0 Å². The summed E-state index contributed by atoms with van der Waals surface area (Å²) in [7, 11) is 1.56. The largest absolute Gasteiger partial charge is 0.496 e. The number of hydrogen-bond acceptors (Lipinski definition) is 2. The van der Waals surface area contributed by atoms with Crippen molar-refractivity contribution in [1.29, 1.82) is 0 Å². The number of carbonyl (C=O) groups excluding carboxylic acids is 1. The van der Waals surface area contributed by atoms with Gasteiger partial charge in [0.1, 0.15) is 5.75 Å². The van der Waals surface area contributed by atoms with E-state index in [0.717, 1.165) is 0 Å². The highest BCUT2D eigenvalue weighted by Crippen LogP contribution is 2.16. The Kier molecular flexibility index (Phi) is 3.51. The molecule has 0 aliphatic rings. The maximum absolute atomic E-state index is 11.6. The first kappa shape index (κ1) is 10.6. The molecule has 3 heteroatoms. The molecular formula is C11H15NO2. The lowest BCUT2D eigenvalue weighted by molar-refractivity contribution is 0.0940. The van der Waals surface area contributed by atoms with Gasteiger partial charge in [-0.15, -0.1) is 0 Å². The monoisotopic (exact) mass is 193 g/mol. The number of methoxy groups -OCH3 is 1. The van der Waals surface area contributed by atoms with Crippen LogP contribution in [-0.2, 0) is 0 Å². The molecule has 0 unspecified atom stereocenters. The van der Waals surface area contributed by atoms with E-state index >= 15 is 0 Å². The summed E-state index contributed by atoms with van der Waals surface area (Å²) in [6.07, 6.45) is 0. The molecule has 0 bridgehead atoms. The van der Waals surface area contributed by atoms with Crippen molar-refractivity contribution >= 4 is 5.91 Å². The molecule has 0 aliphatic carbocycles. The van der Waals surface area contributed by atoms with Gasteiger partial charge in [-0.1, -0.05) is 12.1 Å². The number of carbonyl (C=O) groups is 1. The van der Waals surface area contributed by atoms with Crippen molar-refractivity contribution in [3.8, 4) is 5.75 Å². The summed E-state index contributed by atoms with van der Waals surface area (Å²) in [5, 5.41) is 2.81. The van der Waals surface area contributed by atoms with Crippen molar-refractivity contribution in [3.63, 3.8) is 0 Å². The summed E-state index contributed by atoms with van der Waals surface area (Å²) in [4.78, 5) is 11.6. The van der Waals surface area contributed by atoms with Crippen LogP contribution in [0.4, 0.5) is 0 Å². The maximum atomic E-state index is 11.6. The number of amides is 1. The van der Waals surface area contributed by atoms with E-state index in [2.05, 4.69) is 5.32 Å². The van der Waals surface area contributed by atoms with Crippen molar-refractivity contribution in [3.05, 3.63) is 29.8 Å². The van der Waals surface area contributed by atoms with Gasteiger partial charge in [-0.05, 0) is 26.0 Å². The van der Waals surface area contributed by atoms with Gasteiger partial charge in [-0.2, -0.15) is 0 Å². The Bertz CT molecular complexity index is 321. The number of rotatable bonds is 3. The maximum Gasteiger partial charge on any atom is 0.255 e. The smallest absolute Gasteiger partial charge is 0.255 e.